The minimum Gasteiger partial charge on any atom is -0.494 e. The number of benzene rings is 1. The first-order valence-corrected chi connectivity index (χ1v) is 7.35. The van der Waals surface area contributed by atoms with Gasteiger partial charge in [-0.25, -0.2) is 4.39 Å². The second-order valence-corrected chi connectivity index (χ2v) is 5.62. The Labute approximate surface area is 124 Å². The van der Waals surface area contributed by atoms with E-state index in [9.17, 15) is 9.18 Å². The van der Waals surface area contributed by atoms with Crippen LogP contribution in [0, 0.1) is 11.7 Å². The molecule has 0 spiro atoms. The first-order valence-electron chi connectivity index (χ1n) is 7.35. The van der Waals surface area contributed by atoms with E-state index in [2.05, 4.69) is 4.90 Å². The number of ether oxygens (including phenoxy) is 1. The van der Waals surface area contributed by atoms with Crippen LogP contribution in [0.3, 0.4) is 0 Å². The van der Waals surface area contributed by atoms with E-state index in [1.807, 2.05) is 6.07 Å². The molecule has 0 unspecified atom stereocenters. The Morgan fingerprint density at radius 2 is 2.14 bits per heavy atom. The van der Waals surface area contributed by atoms with E-state index in [1.54, 1.807) is 6.07 Å². The number of aliphatic carboxylic acids is 1. The third-order valence-electron chi connectivity index (χ3n) is 4.10. The van der Waals surface area contributed by atoms with Crippen LogP contribution in [0.5, 0.6) is 5.75 Å². The lowest BCUT2D eigenvalue weighted by Crippen LogP contribution is -2.33. The van der Waals surface area contributed by atoms with Gasteiger partial charge in [0.15, 0.2) is 11.6 Å². The van der Waals surface area contributed by atoms with E-state index in [0.717, 1.165) is 44.5 Å². The van der Waals surface area contributed by atoms with Gasteiger partial charge in [0, 0.05) is 13.0 Å². The van der Waals surface area contributed by atoms with Crippen molar-refractivity contribution in [2.24, 2.45) is 5.92 Å². The van der Waals surface area contributed by atoms with Crippen molar-refractivity contribution in [2.75, 3.05) is 20.2 Å². The average molecular weight is 295 g/mol. The van der Waals surface area contributed by atoms with Gasteiger partial charge in [0.2, 0.25) is 0 Å². The summed E-state index contributed by atoms with van der Waals surface area (Å²) in [5.41, 5.74) is 0.942. The van der Waals surface area contributed by atoms with Crippen molar-refractivity contribution in [3.05, 3.63) is 29.6 Å². The molecule has 116 valence electrons. The molecule has 0 bridgehead atoms. The van der Waals surface area contributed by atoms with E-state index in [-0.39, 0.29) is 18.0 Å². The zero-order valence-corrected chi connectivity index (χ0v) is 12.3. The van der Waals surface area contributed by atoms with Crippen molar-refractivity contribution in [3.63, 3.8) is 0 Å². The van der Waals surface area contributed by atoms with Gasteiger partial charge < -0.3 is 9.84 Å². The van der Waals surface area contributed by atoms with Gasteiger partial charge in [-0.05, 0) is 56.0 Å². The average Bonchev–Trinajstić information content (AvgIpc) is 2.47. The van der Waals surface area contributed by atoms with Crippen molar-refractivity contribution in [3.8, 4) is 5.75 Å². The molecular weight excluding hydrogens is 273 g/mol. The number of carbonyl (C=O) groups is 1. The summed E-state index contributed by atoms with van der Waals surface area (Å²) < 4.78 is 18.6. The number of piperidine rings is 1. The van der Waals surface area contributed by atoms with E-state index in [1.165, 1.54) is 13.2 Å². The minimum atomic E-state index is -0.717. The number of likely N-dealkylation sites (tertiary alicyclic amines) is 1. The molecule has 2 rings (SSSR count). The summed E-state index contributed by atoms with van der Waals surface area (Å²) in [7, 11) is 1.46. The molecule has 21 heavy (non-hydrogen) atoms. The number of rotatable bonds is 6. The first kappa shape index (κ1) is 15.8. The summed E-state index contributed by atoms with van der Waals surface area (Å²) in [6, 6.07) is 5.07. The molecule has 1 heterocycles. The Bertz CT molecular complexity index is 484. The lowest BCUT2D eigenvalue weighted by molar-refractivity contribution is -0.137. The van der Waals surface area contributed by atoms with Gasteiger partial charge in [0.25, 0.3) is 0 Å². The predicted octanol–water partition coefficient (Wildman–Crippen LogP) is 2.91. The summed E-state index contributed by atoms with van der Waals surface area (Å²) in [6.45, 7) is 2.61. The van der Waals surface area contributed by atoms with Crippen molar-refractivity contribution in [1.82, 2.24) is 4.90 Å². The third kappa shape index (κ3) is 4.70. The molecule has 1 aliphatic rings. The quantitative estimate of drug-likeness (QED) is 0.876. The number of nitrogens with zero attached hydrogens (tertiary/aromatic N) is 1. The SMILES string of the molecule is COc1ccc(CN2CCC(CCC(=O)O)CC2)cc1F. The van der Waals surface area contributed by atoms with Gasteiger partial charge >= 0.3 is 5.97 Å². The fraction of sp³-hybridized carbons (Fsp3) is 0.562. The molecule has 5 heteroatoms. The van der Waals surface area contributed by atoms with E-state index in [4.69, 9.17) is 9.84 Å². The second-order valence-electron chi connectivity index (χ2n) is 5.62. The molecule has 4 nitrogen and oxygen atoms in total. The second kappa shape index (κ2) is 7.41. The van der Waals surface area contributed by atoms with Crippen LogP contribution in [-0.4, -0.2) is 36.2 Å². The zero-order valence-electron chi connectivity index (χ0n) is 12.3. The maximum absolute atomic E-state index is 13.6. The summed E-state index contributed by atoms with van der Waals surface area (Å²) in [6.07, 6.45) is 3.06. The van der Waals surface area contributed by atoms with Crippen LogP contribution in [-0.2, 0) is 11.3 Å². The zero-order chi connectivity index (χ0) is 15.2. The van der Waals surface area contributed by atoms with Gasteiger partial charge in [-0.3, -0.25) is 9.69 Å². The summed E-state index contributed by atoms with van der Waals surface area (Å²) in [5.74, 6) is -0.270. The molecule has 1 N–H and O–H groups in total. The van der Waals surface area contributed by atoms with Crippen LogP contribution < -0.4 is 4.74 Å². The molecule has 1 aliphatic heterocycles. The van der Waals surface area contributed by atoms with Gasteiger partial charge in [-0.15, -0.1) is 0 Å². The molecule has 1 fully saturated rings. The highest BCUT2D eigenvalue weighted by Gasteiger charge is 2.20. The Morgan fingerprint density at radius 3 is 2.71 bits per heavy atom. The molecule has 0 saturated carbocycles. The molecule has 0 amide bonds. The Morgan fingerprint density at radius 1 is 1.43 bits per heavy atom. The van der Waals surface area contributed by atoms with Gasteiger partial charge in [-0.2, -0.15) is 0 Å². The largest absolute Gasteiger partial charge is 0.494 e. The highest BCUT2D eigenvalue weighted by Crippen LogP contribution is 2.24. The fourth-order valence-electron chi connectivity index (χ4n) is 2.83. The standard InChI is InChI=1S/C16H22FNO3/c1-21-15-4-2-13(10-14(15)17)11-18-8-6-12(7-9-18)3-5-16(19)20/h2,4,10,12H,3,5-9,11H2,1H3,(H,19,20). The van der Waals surface area contributed by atoms with Crippen LogP contribution in [0.25, 0.3) is 0 Å². The minimum absolute atomic E-state index is 0.258. The summed E-state index contributed by atoms with van der Waals surface area (Å²) in [5, 5.41) is 8.70. The lowest BCUT2D eigenvalue weighted by Gasteiger charge is -2.31. The van der Waals surface area contributed by atoms with E-state index in [0.29, 0.717) is 5.92 Å². The van der Waals surface area contributed by atoms with Crippen LogP contribution >= 0.6 is 0 Å². The summed E-state index contributed by atoms with van der Waals surface area (Å²) in [4.78, 5) is 12.9. The van der Waals surface area contributed by atoms with Gasteiger partial charge in [0.1, 0.15) is 0 Å². The molecule has 1 saturated heterocycles. The van der Waals surface area contributed by atoms with Crippen LogP contribution in [0.2, 0.25) is 0 Å². The van der Waals surface area contributed by atoms with Crippen molar-refractivity contribution < 1.29 is 19.0 Å². The number of hydrogen-bond acceptors (Lipinski definition) is 3. The number of carboxylic acids is 1. The maximum atomic E-state index is 13.6. The molecule has 1 aromatic carbocycles. The Kier molecular flexibility index (Phi) is 5.56. The van der Waals surface area contributed by atoms with Crippen molar-refractivity contribution >= 4 is 5.97 Å². The number of carboxylic acid groups (broad SMARTS) is 1. The molecule has 0 radical (unpaired) electrons. The van der Waals surface area contributed by atoms with Gasteiger partial charge in [-0.1, -0.05) is 6.07 Å². The van der Waals surface area contributed by atoms with Crippen LogP contribution in [0.15, 0.2) is 18.2 Å². The molecule has 0 aliphatic carbocycles. The fourth-order valence-corrected chi connectivity index (χ4v) is 2.83. The Balaban J connectivity index is 1.80. The Hall–Kier alpha value is -1.62. The lowest BCUT2D eigenvalue weighted by atomic mass is 9.92. The maximum Gasteiger partial charge on any atom is 0.303 e. The molecule has 0 atom stereocenters. The predicted molar refractivity (Wildman–Crippen MR) is 77.8 cm³/mol. The third-order valence-corrected chi connectivity index (χ3v) is 4.10. The summed E-state index contributed by atoms with van der Waals surface area (Å²) >= 11 is 0. The monoisotopic (exact) mass is 295 g/mol. The number of methoxy groups -OCH3 is 1. The molecular formula is C16H22FNO3. The topological polar surface area (TPSA) is 49.8 Å². The van der Waals surface area contributed by atoms with Crippen molar-refractivity contribution in [2.45, 2.75) is 32.2 Å². The first-order chi connectivity index (χ1) is 10.1. The highest BCUT2D eigenvalue weighted by molar-refractivity contribution is 5.66. The molecule has 0 aromatic heterocycles. The smallest absolute Gasteiger partial charge is 0.303 e. The van der Waals surface area contributed by atoms with Crippen molar-refractivity contribution in [1.29, 1.82) is 0 Å². The van der Waals surface area contributed by atoms with E-state index >= 15 is 0 Å². The van der Waals surface area contributed by atoms with Crippen LogP contribution in [0.4, 0.5) is 4.39 Å². The number of halogens is 1. The number of hydrogen-bond donors (Lipinski definition) is 1. The van der Waals surface area contributed by atoms with Gasteiger partial charge in [0.05, 0.1) is 7.11 Å². The highest BCUT2D eigenvalue weighted by atomic mass is 19.1. The van der Waals surface area contributed by atoms with E-state index < -0.39 is 5.97 Å². The normalized spacial score (nSPS) is 16.9. The van der Waals surface area contributed by atoms with Crippen LogP contribution in [0.1, 0.15) is 31.2 Å². The molecule has 1 aromatic rings.